The van der Waals surface area contributed by atoms with E-state index in [1.165, 1.54) is 22.2 Å². The molecule has 0 spiro atoms. The minimum atomic E-state index is -3.65. The van der Waals surface area contributed by atoms with Gasteiger partial charge in [-0.1, -0.05) is 6.92 Å². The summed E-state index contributed by atoms with van der Waals surface area (Å²) >= 11 is 0. The van der Waals surface area contributed by atoms with Crippen molar-refractivity contribution in [2.45, 2.75) is 31.2 Å². The summed E-state index contributed by atoms with van der Waals surface area (Å²) in [5, 5.41) is 2.98. The molecule has 4 rings (SSSR count). The molecule has 0 radical (unpaired) electrons. The Kier molecular flexibility index (Phi) is 7.88. The first-order valence-electron chi connectivity index (χ1n) is 12.0. The third-order valence-corrected chi connectivity index (χ3v) is 8.82. The van der Waals surface area contributed by atoms with Gasteiger partial charge in [-0.05, 0) is 30.3 Å². The molecule has 3 heterocycles. The minimum Gasteiger partial charge on any atom is -0.379 e. The van der Waals surface area contributed by atoms with Crippen molar-refractivity contribution in [2.24, 2.45) is 0 Å². The van der Waals surface area contributed by atoms with E-state index in [9.17, 15) is 18.0 Å². The summed E-state index contributed by atoms with van der Waals surface area (Å²) in [5.41, 5.74) is 1.30. The molecule has 3 aliphatic rings. The van der Waals surface area contributed by atoms with Crippen LogP contribution in [0.25, 0.3) is 0 Å². The number of sulfonamides is 1. The number of carbonyl (C=O) groups is 2. The summed E-state index contributed by atoms with van der Waals surface area (Å²) < 4.78 is 32.8. The van der Waals surface area contributed by atoms with Crippen LogP contribution < -0.4 is 10.2 Å². The van der Waals surface area contributed by atoms with Crippen LogP contribution in [0.3, 0.4) is 0 Å². The molecule has 2 saturated heterocycles. The Labute approximate surface area is 201 Å². The number of rotatable bonds is 7. The van der Waals surface area contributed by atoms with Crippen molar-refractivity contribution in [3.63, 3.8) is 0 Å². The Balaban J connectivity index is 1.41. The predicted octanol–water partition coefficient (Wildman–Crippen LogP) is -0.261. The maximum absolute atomic E-state index is 13.1. The highest BCUT2D eigenvalue weighted by Crippen LogP contribution is 2.35. The topological polar surface area (TPSA) is 102 Å². The molecule has 1 atom stereocenters. The zero-order valence-electron chi connectivity index (χ0n) is 20.0. The molecule has 34 heavy (non-hydrogen) atoms. The van der Waals surface area contributed by atoms with Gasteiger partial charge >= 0.3 is 0 Å². The van der Waals surface area contributed by atoms with Gasteiger partial charge in [0, 0.05) is 71.4 Å². The molecule has 0 aliphatic carbocycles. The number of nitrogens with one attached hydrogen (secondary N) is 1. The van der Waals surface area contributed by atoms with E-state index in [1.807, 2.05) is 0 Å². The van der Waals surface area contributed by atoms with E-state index >= 15 is 0 Å². The molecule has 2 fully saturated rings. The Hall–Kier alpha value is -2.05. The van der Waals surface area contributed by atoms with Crippen LogP contribution in [0, 0.1) is 0 Å². The number of carbonyl (C=O) groups excluding carboxylic acids is 2. The average Bonchev–Trinajstić information content (AvgIpc) is 3.24. The highest BCUT2D eigenvalue weighted by molar-refractivity contribution is 7.89. The van der Waals surface area contributed by atoms with E-state index in [0.29, 0.717) is 50.5 Å². The molecular formula is C23H35N5O5S. The van der Waals surface area contributed by atoms with Crippen LogP contribution in [0.5, 0.6) is 0 Å². The summed E-state index contributed by atoms with van der Waals surface area (Å²) in [7, 11) is -3.65. The third kappa shape index (κ3) is 5.28. The Bertz CT molecular complexity index is 1000. The monoisotopic (exact) mass is 493 g/mol. The number of amides is 2. The third-order valence-electron chi connectivity index (χ3n) is 6.92. The molecule has 1 N–H and O–H groups in total. The zero-order valence-corrected chi connectivity index (χ0v) is 20.8. The fourth-order valence-corrected chi connectivity index (χ4v) is 6.37. The van der Waals surface area contributed by atoms with Crippen LogP contribution in [-0.4, -0.2) is 112 Å². The zero-order chi connectivity index (χ0) is 24.3. The molecule has 0 saturated carbocycles. The van der Waals surface area contributed by atoms with Crippen LogP contribution in [0.4, 0.5) is 5.69 Å². The fraction of sp³-hybridized carbons (Fsp3) is 0.652. The quantitative estimate of drug-likeness (QED) is 0.558. The molecule has 188 valence electrons. The predicted molar refractivity (Wildman–Crippen MR) is 128 cm³/mol. The number of ether oxygens (including phenoxy) is 1. The van der Waals surface area contributed by atoms with E-state index in [1.54, 1.807) is 12.1 Å². The summed E-state index contributed by atoms with van der Waals surface area (Å²) in [5.74, 6) is -0.449. The molecule has 10 nitrogen and oxygen atoms in total. The first-order chi connectivity index (χ1) is 16.3. The fourth-order valence-electron chi connectivity index (χ4n) is 4.91. The first kappa shape index (κ1) is 25.1. The van der Waals surface area contributed by atoms with Gasteiger partial charge in [0.2, 0.25) is 21.8 Å². The number of likely N-dealkylation sites (N-methyl/N-ethyl adjacent to an activating group) is 1. The van der Waals surface area contributed by atoms with Crippen LogP contribution in [0.1, 0.15) is 19.4 Å². The molecule has 3 aliphatic heterocycles. The van der Waals surface area contributed by atoms with Gasteiger partial charge in [-0.2, -0.15) is 4.31 Å². The van der Waals surface area contributed by atoms with E-state index < -0.39 is 16.1 Å². The van der Waals surface area contributed by atoms with E-state index in [0.717, 1.165) is 39.3 Å². The second kappa shape index (κ2) is 10.7. The van der Waals surface area contributed by atoms with Crippen LogP contribution in [0.15, 0.2) is 23.1 Å². The number of fused-ring (bicyclic) bond motifs is 1. The van der Waals surface area contributed by atoms with E-state index in [2.05, 4.69) is 22.0 Å². The number of hydrogen-bond acceptors (Lipinski definition) is 7. The Morgan fingerprint density at radius 1 is 1.06 bits per heavy atom. The lowest BCUT2D eigenvalue weighted by Crippen LogP contribution is -2.51. The highest BCUT2D eigenvalue weighted by atomic mass is 32.2. The normalized spacial score (nSPS) is 22.5. The average molecular weight is 494 g/mol. The molecule has 1 aromatic rings. The first-order valence-corrected chi connectivity index (χ1v) is 13.5. The van der Waals surface area contributed by atoms with Gasteiger partial charge < -0.3 is 15.0 Å². The van der Waals surface area contributed by atoms with Gasteiger partial charge in [-0.25, -0.2) is 8.42 Å². The lowest BCUT2D eigenvalue weighted by atomic mass is 10.1. The van der Waals surface area contributed by atoms with Crippen molar-refractivity contribution >= 4 is 27.5 Å². The molecule has 11 heteroatoms. The standard InChI is InChI=1S/C23H35N5O5S/c1-3-25-8-10-26(11-9-25)7-6-24-23(30)22-17-19-16-20(4-5-21(19)28(22)18(2)29)34(31,32)27-12-14-33-15-13-27/h4-5,16,22H,3,6-15,17H2,1-2H3,(H,24,30). The van der Waals surface area contributed by atoms with Gasteiger partial charge in [-0.15, -0.1) is 0 Å². The van der Waals surface area contributed by atoms with Crippen LogP contribution in [0.2, 0.25) is 0 Å². The Morgan fingerprint density at radius 2 is 1.74 bits per heavy atom. The highest BCUT2D eigenvalue weighted by Gasteiger charge is 2.38. The SMILES string of the molecule is CCN1CCN(CCNC(=O)C2Cc3cc(S(=O)(=O)N4CCOCC4)ccc3N2C(C)=O)CC1. The van der Waals surface area contributed by atoms with Crippen LogP contribution in [-0.2, 0) is 30.8 Å². The van der Waals surface area contributed by atoms with Gasteiger partial charge in [0.1, 0.15) is 6.04 Å². The molecule has 1 unspecified atom stereocenters. The van der Waals surface area contributed by atoms with E-state index in [4.69, 9.17) is 4.74 Å². The van der Waals surface area contributed by atoms with Crippen molar-refractivity contribution in [3.8, 4) is 0 Å². The van der Waals surface area contributed by atoms with Crippen molar-refractivity contribution in [2.75, 3.05) is 77.0 Å². The summed E-state index contributed by atoms with van der Waals surface area (Å²) in [4.78, 5) is 31.9. The van der Waals surface area contributed by atoms with Crippen molar-refractivity contribution in [1.29, 1.82) is 0 Å². The Morgan fingerprint density at radius 3 is 2.38 bits per heavy atom. The van der Waals surface area contributed by atoms with Gasteiger partial charge in [0.15, 0.2) is 0 Å². The van der Waals surface area contributed by atoms with Crippen molar-refractivity contribution in [1.82, 2.24) is 19.4 Å². The minimum absolute atomic E-state index is 0.184. The van der Waals surface area contributed by atoms with Gasteiger partial charge in [-0.3, -0.25) is 19.4 Å². The number of piperazine rings is 1. The van der Waals surface area contributed by atoms with Crippen LogP contribution >= 0.6 is 0 Å². The largest absolute Gasteiger partial charge is 0.379 e. The summed E-state index contributed by atoms with van der Waals surface area (Å²) in [6, 6.07) is 4.10. The maximum Gasteiger partial charge on any atom is 0.243 e. The number of benzene rings is 1. The van der Waals surface area contributed by atoms with Gasteiger partial charge in [0.05, 0.1) is 18.1 Å². The number of anilines is 1. The van der Waals surface area contributed by atoms with E-state index in [-0.39, 0.29) is 16.7 Å². The van der Waals surface area contributed by atoms with Crippen molar-refractivity contribution in [3.05, 3.63) is 23.8 Å². The molecule has 0 bridgehead atoms. The van der Waals surface area contributed by atoms with Crippen molar-refractivity contribution < 1.29 is 22.7 Å². The maximum atomic E-state index is 13.1. The number of hydrogen-bond donors (Lipinski definition) is 1. The summed E-state index contributed by atoms with van der Waals surface area (Å²) in [6.07, 6.45) is 0.294. The summed E-state index contributed by atoms with van der Waals surface area (Å²) in [6.45, 7) is 11.4. The second-order valence-electron chi connectivity index (χ2n) is 8.98. The number of morpholine rings is 1. The number of nitrogens with zero attached hydrogens (tertiary/aromatic N) is 4. The molecule has 1 aromatic carbocycles. The lowest BCUT2D eigenvalue weighted by Gasteiger charge is -2.34. The molecule has 0 aromatic heterocycles. The second-order valence-corrected chi connectivity index (χ2v) is 10.9. The lowest BCUT2D eigenvalue weighted by molar-refractivity contribution is -0.125. The molecule has 2 amide bonds. The molecular weight excluding hydrogens is 458 g/mol. The smallest absolute Gasteiger partial charge is 0.243 e. The van der Waals surface area contributed by atoms with Gasteiger partial charge in [0.25, 0.3) is 0 Å².